The molecule has 0 spiro atoms. The molecule has 0 aromatic carbocycles. The SMILES string of the molecule is C=C1C[C@@H]2CCC[C@@H](O)[C@H](C1)C2=O. The maximum Gasteiger partial charge on any atom is 0.142 e. The van der Waals surface area contributed by atoms with Gasteiger partial charge in [-0.05, 0) is 25.7 Å². The third-order valence-electron chi connectivity index (χ3n) is 3.33. The predicted octanol–water partition coefficient (Wildman–Crippen LogP) is 1.68. The Kier molecular flexibility index (Phi) is 2.24. The van der Waals surface area contributed by atoms with E-state index in [0.717, 1.165) is 37.7 Å². The van der Waals surface area contributed by atoms with Crippen LogP contribution < -0.4 is 0 Å². The van der Waals surface area contributed by atoms with Gasteiger partial charge in [0.05, 0.1) is 6.10 Å². The number of carbonyl (C=O) groups is 1. The number of Topliss-reactive ketones (excluding diaryl/α,β-unsaturated/α-hetero) is 1. The molecule has 0 aromatic rings. The van der Waals surface area contributed by atoms with Crippen molar-refractivity contribution in [1.29, 1.82) is 0 Å². The summed E-state index contributed by atoms with van der Waals surface area (Å²) in [4.78, 5) is 11.8. The zero-order chi connectivity index (χ0) is 9.42. The van der Waals surface area contributed by atoms with Crippen molar-refractivity contribution in [1.82, 2.24) is 0 Å². The first-order valence-electron chi connectivity index (χ1n) is 5.07. The summed E-state index contributed by atoms with van der Waals surface area (Å²) in [5.74, 6) is 0.328. The van der Waals surface area contributed by atoms with Crippen molar-refractivity contribution < 1.29 is 9.90 Å². The Morgan fingerprint density at radius 2 is 2.08 bits per heavy atom. The van der Waals surface area contributed by atoms with E-state index in [9.17, 15) is 9.90 Å². The summed E-state index contributed by atoms with van der Waals surface area (Å²) >= 11 is 0. The fourth-order valence-corrected chi connectivity index (χ4v) is 2.59. The zero-order valence-electron chi connectivity index (χ0n) is 7.83. The smallest absolute Gasteiger partial charge is 0.142 e. The van der Waals surface area contributed by atoms with Gasteiger partial charge in [0.1, 0.15) is 5.78 Å². The molecule has 2 saturated carbocycles. The topological polar surface area (TPSA) is 37.3 Å². The summed E-state index contributed by atoms with van der Waals surface area (Å²) in [6.07, 6.45) is 3.90. The number of aliphatic hydroxyl groups is 1. The average molecular weight is 180 g/mol. The van der Waals surface area contributed by atoms with Gasteiger partial charge in [0.15, 0.2) is 0 Å². The Morgan fingerprint density at radius 3 is 2.85 bits per heavy atom. The van der Waals surface area contributed by atoms with Crippen molar-refractivity contribution in [2.45, 2.75) is 38.2 Å². The van der Waals surface area contributed by atoms with Gasteiger partial charge >= 0.3 is 0 Å². The van der Waals surface area contributed by atoms with E-state index in [1.54, 1.807) is 0 Å². The molecule has 2 nitrogen and oxygen atoms in total. The third kappa shape index (κ3) is 1.55. The van der Waals surface area contributed by atoms with Crippen molar-refractivity contribution in [3.8, 4) is 0 Å². The van der Waals surface area contributed by atoms with Gasteiger partial charge in [-0.25, -0.2) is 0 Å². The van der Waals surface area contributed by atoms with Gasteiger partial charge in [-0.2, -0.15) is 0 Å². The van der Waals surface area contributed by atoms with Crippen molar-refractivity contribution in [2.24, 2.45) is 11.8 Å². The number of hydrogen-bond donors (Lipinski definition) is 1. The van der Waals surface area contributed by atoms with Gasteiger partial charge in [-0.15, -0.1) is 0 Å². The number of carbonyl (C=O) groups excluding carboxylic acids is 1. The standard InChI is InChI=1S/C11H16O2/c1-7-5-8-3-2-4-10(12)9(6-7)11(8)13/h8-10,12H,1-6H2/t8-,9-,10+/m0/s1. The molecule has 0 aliphatic heterocycles. The van der Waals surface area contributed by atoms with E-state index < -0.39 is 6.10 Å². The largest absolute Gasteiger partial charge is 0.392 e. The second kappa shape index (κ2) is 3.26. The lowest BCUT2D eigenvalue weighted by molar-refractivity contribution is -0.130. The minimum Gasteiger partial charge on any atom is -0.392 e. The lowest BCUT2D eigenvalue weighted by Gasteiger charge is -2.28. The molecular formula is C11H16O2. The van der Waals surface area contributed by atoms with Gasteiger partial charge in [-0.3, -0.25) is 4.79 Å². The van der Waals surface area contributed by atoms with Crippen molar-refractivity contribution >= 4 is 5.78 Å². The zero-order valence-corrected chi connectivity index (χ0v) is 7.83. The molecule has 0 saturated heterocycles. The van der Waals surface area contributed by atoms with Gasteiger partial charge in [-0.1, -0.05) is 18.6 Å². The maximum atomic E-state index is 11.8. The Balaban J connectivity index is 2.24. The quantitative estimate of drug-likeness (QED) is 0.576. The molecule has 3 atom stereocenters. The number of hydrogen-bond acceptors (Lipinski definition) is 2. The number of fused-ring (bicyclic) bond motifs is 2. The van der Waals surface area contributed by atoms with Crippen molar-refractivity contribution in [3.63, 3.8) is 0 Å². The van der Waals surface area contributed by atoms with Crippen LogP contribution in [0.25, 0.3) is 0 Å². The molecule has 0 amide bonds. The molecule has 72 valence electrons. The Bertz CT molecular complexity index is 244. The van der Waals surface area contributed by atoms with Crippen LogP contribution >= 0.6 is 0 Å². The third-order valence-corrected chi connectivity index (χ3v) is 3.33. The molecule has 1 N–H and O–H groups in total. The van der Waals surface area contributed by atoms with Crippen LogP contribution in [-0.4, -0.2) is 17.0 Å². The molecule has 2 aliphatic carbocycles. The maximum absolute atomic E-state index is 11.8. The second-order valence-corrected chi connectivity index (χ2v) is 4.36. The van der Waals surface area contributed by atoms with Crippen LogP contribution in [0.1, 0.15) is 32.1 Å². The molecule has 2 fully saturated rings. The first-order valence-corrected chi connectivity index (χ1v) is 5.07. The molecular weight excluding hydrogens is 164 g/mol. The van der Waals surface area contributed by atoms with Crippen LogP contribution in [0.2, 0.25) is 0 Å². The highest BCUT2D eigenvalue weighted by Gasteiger charge is 2.38. The van der Waals surface area contributed by atoms with E-state index in [4.69, 9.17) is 0 Å². The first-order chi connectivity index (χ1) is 6.18. The van der Waals surface area contributed by atoms with Gasteiger partial charge in [0, 0.05) is 11.8 Å². The van der Waals surface area contributed by atoms with E-state index in [0.29, 0.717) is 0 Å². The Labute approximate surface area is 78.6 Å². The lowest BCUT2D eigenvalue weighted by Crippen LogP contribution is -2.34. The van der Waals surface area contributed by atoms with Gasteiger partial charge < -0.3 is 5.11 Å². The molecule has 2 heteroatoms. The fraction of sp³-hybridized carbons (Fsp3) is 0.727. The van der Waals surface area contributed by atoms with Crippen LogP contribution in [0, 0.1) is 11.8 Å². The molecule has 0 unspecified atom stereocenters. The summed E-state index contributed by atoms with van der Waals surface area (Å²) in [7, 11) is 0. The van der Waals surface area contributed by atoms with Crippen LogP contribution in [0.3, 0.4) is 0 Å². The van der Waals surface area contributed by atoms with E-state index >= 15 is 0 Å². The molecule has 0 radical (unpaired) electrons. The summed E-state index contributed by atoms with van der Waals surface area (Å²) in [6.45, 7) is 3.94. The van der Waals surface area contributed by atoms with Gasteiger partial charge in [0.25, 0.3) is 0 Å². The number of ketones is 1. The molecule has 2 bridgehead atoms. The normalized spacial score (nSPS) is 40.2. The highest BCUT2D eigenvalue weighted by molar-refractivity contribution is 5.86. The molecule has 2 aliphatic rings. The monoisotopic (exact) mass is 180 g/mol. The molecule has 2 rings (SSSR count). The van der Waals surface area contributed by atoms with Crippen molar-refractivity contribution in [2.75, 3.05) is 0 Å². The van der Waals surface area contributed by atoms with E-state index in [-0.39, 0.29) is 17.6 Å². The van der Waals surface area contributed by atoms with Crippen LogP contribution in [0.5, 0.6) is 0 Å². The lowest BCUT2D eigenvalue weighted by atomic mass is 9.76. The minimum atomic E-state index is -0.408. The van der Waals surface area contributed by atoms with Crippen LogP contribution in [0.4, 0.5) is 0 Å². The molecule has 13 heavy (non-hydrogen) atoms. The highest BCUT2D eigenvalue weighted by atomic mass is 16.3. The summed E-state index contributed by atoms with van der Waals surface area (Å²) in [5, 5.41) is 9.73. The average Bonchev–Trinajstić information content (AvgIpc) is 2.19. The summed E-state index contributed by atoms with van der Waals surface area (Å²) in [6, 6.07) is 0. The minimum absolute atomic E-state index is 0.131. The summed E-state index contributed by atoms with van der Waals surface area (Å²) < 4.78 is 0. The van der Waals surface area contributed by atoms with Gasteiger partial charge in [0.2, 0.25) is 0 Å². The second-order valence-electron chi connectivity index (χ2n) is 4.36. The van der Waals surface area contributed by atoms with Crippen molar-refractivity contribution in [3.05, 3.63) is 12.2 Å². The highest BCUT2D eigenvalue weighted by Crippen LogP contribution is 2.37. The number of rotatable bonds is 0. The molecule has 0 aromatic heterocycles. The van der Waals surface area contributed by atoms with Crippen LogP contribution in [-0.2, 0) is 4.79 Å². The van der Waals surface area contributed by atoms with E-state index in [2.05, 4.69) is 6.58 Å². The van der Waals surface area contributed by atoms with E-state index in [1.807, 2.05) is 0 Å². The van der Waals surface area contributed by atoms with Crippen LogP contribution in [0.15, 0.2) is 12.2 Å². The Morgan fingerprint density at radius 1 is 1.31 bits per heavy atom. The first kappa shape index (κ1) is 8.95. The van der Waals surface area contributed by atoms with E-state index in [1.165, 1.54) is 0 Å². The fourth-order valence-electron chi connectivity index (χ4n) is 2.59. The Hall–Kier alpha value is -0.630. The molecule has 0 heterocycles. The summed E-state index contributed by atoms with van der Waals surface area (Å²) in [5.41, 5.74) is 1.15. The number of allylic oxidation sites excluding steroid dienone is 1. The predicted molar refractivity (Wildman–Crippen MR) is 50.2 cm³/mol. The number of aliphatic hydroxyl groups excluding tert-OH is 1.